The summed E-state index contributed by atoms with van der Waals surface area (Å²) in [5.41, 5.74) is 0. The average molecular weight is 270 g/mol. The van der Waals surface area contributed by atoms with Crippen LogP contribution < -0.4 is 5.32 Å². The number of aliphatic carboxylic acids is 1. The van der Waals surface area contributed by atoms with Crippen LogP contribution >= 0.6 is 0 Å². The van der Waals surface area contributed by atoms with Crippen LogP contribution in [0.3, 0.4) is 0 Å². The van der Waals surface area contributed by atoms with Crippen LogP contribution in [0.2, 0.25) is 0 Å². The summed E-state index contributed by atoms with van der Waals surface area (Å²) in [5, 5.41) is 21.5. The monoisotopic (exact) mass is 270 g/mol. The largest absolute Gasteiger partial charge is 0.481 e. The highest BCUT2D eigenvalue weighted by atomic mass is 16.4. The molecule has 1 aliphatic heterocycles. The van der Waals surface area contributed by atoms with Crippen LogP contribution in [0.4, 0.5) is 0 Å². The normalized spacial score (nSPS) is 30.2. The van der Waals surface area contributed by atoms with E-state index in [1.54, 1.807) is 0 Å². The minimum Gasteiger partial charge on any atom is -0.481 e. The van der Waals surface area contributed by atoms with E-state index in [0.29, 0.717) is 25.6 Å². The lowest BCUT2D eigenvalue weighted by Crippen LogP contribution is -2.54. The number of nitrogens with zero attached hydrogens (tertiary/aromatic N) is 1. The molecule has 1 heterocycles. The Bertz CT molecular complexity index is 307. The van der Waals surface area contributed by atoms with Crippen molar-refractivity contribution in [3.63, 3.8) is 0 Å². The molecule has 5 heteroatoms. The smallest absolute Gasteiger partial charge is 0.307 e. The van der Waals surface area contributed by atoms with Gasteiger partial charge < -0.3 is 15.5 Å². The van der Waals surface area contributed by atoms with E-state index in [4.69, 9.17) is 5.11 Å². The second-order valence-electron chi connectivity index (χ2n) is 5.91. The Morgan fingerprint density at radius 2 is 2.16 bits per heavy atom. The van der Waals surface area contributed by atoms with E-state index >= 15 is 0 Å². The zero-order chi connectivity index (χ0) is 13.8. The molecule has 2 aliphatic rings. The van der Waals surface area contributed by atoms with Gasteiger partial charge in [-0.25, -0.2) is 0 Å². The van der Waals surface area contributed by atoms with Gasteiger partial charge in [0, 0.05) is 31.7 Å². The Labute approximate surface area is 115 Å². The van der Waals surface area contributed by atoms with E-state index < -0.39 is 5.97 Å². The summed E-state index contributed by atoms with van der Waals surface area (Å²) in [6, 6.07) is 0.732. The van der Waals surface area contributed by atoms with Gasteiger partial charge in [0.2, 0.25) is 0 Å². The molecule has 2 fully saturated rings. The van der Waals surface area contributed by atoms with Gasteiger partial charge in [0.1, 0.15) is 0 Å². The first-order valence-corrected chi connectivity index (χ1v) is 7.46. The highest BCUT2D eigenvalue weighted by Crippen LogP contribution is 2.38. The maximum Gasteiger partial charge on any atom is 0.307 e. The first kappa shape index (κ1) is 14.8. The number of rotatable bonds is 7. The van der Waals surface area contributed by atoms with Crippen LogP contribution in [0.15, 0.2) is 0 Å². The Morgan fingerprint density at radius 3 is 2.68 bits per heavy atom. The highest BCUT2D eigenvalue weighted by Gasteiger charge is 2.39. The van der Waals surface area contributed by atoms with Gasteiger partial charge in [-0.3, -0.25) is 9.69 Å². The summed E-state index contributed by atoms with van der Waals surface area (Å²) < 4.78 is 0. The molecule has 2 rings (SSSR count). The number of carboxylic acids is 1. The second kappa shape index (κ2) is 6.68. The molecule has 0 spiro atoms. The Morgan fingerprint density at radius 1 is 1.42 bits per heavy atom. The first-order chi connectivity index (χ1) is 9.15. The van der Waals surface area contributed by atoms with Crippen LogP contribution in [-0.4, -0.2) is 59.4 Å². The molecule has 0 aromatic carbocycles. The highest BCUT2D eigenvalue weighted by molar-refractivity contribution is 5.70. The lowest BCUT2D eigenvalue weighted by molar-refractivity contribution is -0.144. The van der Waals surface area contributed by atoms with Gasteiger partial charge in [0.05, 0.1) is 12.5 Å². The van der Waals surface area contributed by atoms with Gasteiger partial charge in [0.15, 0.2) is 0 Å². The second-order valence-corrected chi connectivity index (χ2v) is 5.91. The molecule has 0 radical (unpaired) electrons. The third-order valence-corrected chi connectivity index (χ3v) is 4.43. The summed E-state index contributed by atoms with van der Waals surface area (Å²) in [7, 11) is 0. The summed E-state index contributed by atoms with van der Waals surface area (Å²) in [6.07, 6.45) is 4.36. The number of likely N-dealkylation sites (tertiary alicyclic amines) is 1. The van der Waals surface area contributed by atoms with Crippen molar-refractivity contribution in [2.24, 2.45) is 11.8 Å². The van der Waals surface area contributed by atoms with Crippen molar-refractivity contribution in [3.05, 3.63) is 0 Å². The number of piperidine rings is 1. The molecule has 0 amide bonds. The Kier molecular flexibility index (Phi) is 5.19. The van der Waals surface area contributed by atoms with E-state index in [1.165, 1.54) is 12.8 Å². The van der Waals surface area contributed by atoms with E-state index in [1.807, 2.05) is 0 Å². The Balaban J connectivity index is 1.98. The molecule has 3 atom stereocenters. The fraction of sp³-hybridized carbons (Fsp3) is 0.929. The molecule has 1 saturated carbocycles. The minimum absolute atomic E-state index is 0.105. The molecule has 0 bridgehead atoms. The molecule has 1 saturated heterocycles. The van der Waals surface area contributed by atoms with E-state index in [9.17, 15) is 9.90 Å². The number of aliphatic hydroxyl groups excluding tert-OH is 1. The molecule has 110 valence electrons. The van der Waals surface area contributed by atoms with Gasteiger partial charge in [0.25, 0.3) is 0 Å². The number of aliphatic hydroxyl groups is 1. The fourth-order valence-electron chi connectivity index (χ4n) is 3.37. The third kappa shape index (κ3) is 3.91. The van der Waals surface area contributed by atoms with Gasteiger partial charge in [-0.05, 0) is 31.6 Å². The van der Waals surface area contributed by atoms with E-state index in [2.05, 4.69) is 17.1 Å². The zero-order valence-electron chi connectivity index (χ0n) is 11.7. The maximum atomic E-state index is 11.3. The zero-order valence-corrected chi connectivity index (χ0v) is 11.7. The summed E-state index contributed by atoms with van der Waals surface area (Å²) in [5.74, 6) is -0.195. The lowest BCUT2D eigenvalue weighted by Gasteiger charge is -2.41. The van der Waals surface area contributed by atoms with E-state index in [-0.39, 0.29) is 18.6 Å². The van der Waals surface area contributed by atoms with Crippen LogP contribution in [0, 0.1) is 11.8 Å². The molecule has 0 aromatic rings. The van der Waals surface area contributed by atoms with Crippen LogP contribution in [0.1, 0.15) is 32.6 Å². The maximum absolute atomic E-state index is 11.3. The lowest BCUT2D eigenvalue weighted by atomic mass is 9.91. The van der Waals surface area contributed by atoms with Gasteiger partial charge in [-0.2, -0.15) is 0 Å². The van der Waals surface area contributed by atoms with Crippen molar-refractivity contribution in [3.8, 4) is 0 Å². The fourth-order valence-corrected chi connectivity index (χ4v) is 3.37. The molecule has 19 heavy (non-hydrogen) atoms. The van der Waals surface area contributed by atoms with Crippen LogP contribution in [0.5, 0.6) is 0 Å². The van der Waals surface area contributed by atoms with Crippen molar-refractivity contribution >= 4 is 5.97 Å². The molecule has 3 N–H and O–H groups in total. The topological polar surface area (TPSA) is 72.8 Å². The first-order valence-electron chi connectivity index (χ1n) is 7.46. The predicted octanol–water partition coefficient (Wildman–Crippen LogP) is 0.532. The standard InChI is InChI=1S/C14H26N2O3/c1-2-13(10-3-4-10)16-8-11(14(18)19)7-12(9-16)15-5-6-17/h10-13,15,17H,2-9H2,1H3,(H,18,19). The van der Waals surface area contributed by atoms with Gasteiger partial charge in [-0.1, -0.05) is 6.92 Å². The number of nitrogens with one attached hydrogen (secondary N) is 1. The minimum atomic E-state index is -0.689. The van der Waals surface area contributed by atoms with Crippen molar-refractivity contribution < 1.29 is 15.0 Å². The molecule has 1 aliphatic carbocycles. The van der Waals surface area contributed by atoms with E-state index in [0.717, 1.165) is 18.9 Å². The third-order valence-electron chi connectivity index (χ3n) is 4.43. The average Bonchev–Trinajstić information content (AvgIpc) is 3.21. The van der Waals surface area contributed by atoms with Crippen LogP contribution in [0.25, 0.3) is 0 Å². The van der Waals surface area contributed by atoms with Crippen molar-refractivity contribution in [1.29, 1.82) is 0 Å². The Hall–Kier alpha value is -0.650. The van der Waals surface area contributed by atoms with Gasteiger partial charge in [-0.15, -0.1) is 0 Å². The summed E-state index contributed by atoms with van der Waals surface area (Å²) in [6.45, 7) is 4.45. The summed E-state index contributed by atoms with van der Waals surface area (Å²) in [4.78, 5) is 13.7. The number of hydrogen-bond acceptors (Lipinski definition) is 4. The molecule has 0 aromatic heterocycles. The quantitative estimate of drug-likeness (QED) is 0.629. The van der Waals surface area contributed by atoms with Crippen molar-refractivity contribution in [2.75, 3.05) is 26.2 Å². The van der Waals surface area contributed by atoms with Gasteiger partial charge >= 0.3 is 5.97 Å². The predicted molar refractivity (Wildman–Crippen MR) is 73.0 cm³/mol. The molecular formula is C14H26N2O3. The molecule has 5 nitrogen and oxygen atoms in total. The van der Waals surface area contributed by atoms with Crippen molar-refractivity contribution in [2.45, 2.75) is 44.7 Å². The molecule has 3 unspecified atom stereocenters. The number of carboxylic acid groups (broad SMARTS) is 1. The number of carbonyl (C=O) groups is 1. The SMILES string of the molecule is CCC(C1CC1)N1CC(NCCO)CC(C(=O)O)C1. The van der Waals surface area contributed by atoms with Crippen LogP contribution in [-0.2, 0) is 4.79 Å². The summed E-state index contributed by atoms with van der Waals surface area (Å²) >= 11 is 0. The molecular weight excluding hydrogens is 244 g/mol. The number of hydrogen-bond donors (Lipinski definition) is 3. The van der Waals surface area contributed by atoms with Crippen molar-refractivity contribution in [1.82, 2.24) is 10.2 Å².